The number of likely N-dealkylation sites (tertiary alicyclic amines) is 1. The smallest absolute Gasteiger partial charge is 0.123 e. The topological polar surface area (TPSA) is 18.5 Å². The molecule has 1 aromatic carbocycles. The van der Waals surface area contributed by atoms with E-state index in [1.807, 2.05) is 12.1 Å². The molecule has 0 radical (unpaired) electrons. The molecular weight excluding hydrogens is 277 g/mol. The van der Waals surface area contributed by atoms with Gasteiger partial charge in [0.15, 0.2) is 0 Å². The van der Waals surface area contributed by atoms with Crippen LogP contribution >= 0.6 is 0 Å². The van der Waals surface area contributed by atoms with E-state index in [1.165, 1.54) is 31.5 Å². The lowest BCUT2D eigenvalue weighted by atomic mass is 9.97. The lowest BCUT2D eigenvalue weighted by molar-refractivity contribution is 0.104. The van der Waals surface area contributed by atoms with E-state index in [0.717, 1.165) is 38.6 Å². The molecule has 1 aromatic rings. The van der Waals surface area contributed by atoms with Gasteiger partial charge in [-0.1, -0.05) is 19.1 Å². The van der Waals surface area contributed by atoms with Gasteiger partial charge in [0.2, 0.25) is 0 Å². The van der Waals surface area contributed by atoms with E-state index in [1.54, 1.807) is 12.1 Å². The van der Waals surface area contributed by atoms with E-state index < -0.39 is 0 Å². The van der Waals surface area contributed by atoms with Crippen LogP contribution in [-0.4, -0.2) is 55.6 Å². The van der Waals surface area contributed by atoms with Crippen molar-refractivity contribution in [2.24, 2.45) is 5.92 Å². The van der Waals surface area contributed by atoms with Crippen molar-refractivity contribution in [3.63, 3.8) is 0 Å². The summed E-state index contributed by atoms with van der Waals surface area (Å²) >= 11 is 0. The molecule has 1 N–H and O–H groups in total. The van der Waals surface area contributed by atoms with Gasteiger partial charge in [0.25, 0.3) is 0 Å². The van der Waals surface area contributed by atoms with E-state index in [9.17, 15) is 4.39 Å². The third kappa shape index (κ3) is 4.06. The average Bonchev–Trinajstić information content (AvgIpc) is 2.56. The lowest BCUT2D eigenvalue weighted by Crippen LogP contribution is -2.48. The molecule has 0 amide bonds. The van der Waals surface area contributed by atoms with Crippen LogP contribution in [0.4, 0.5) is 4.39 Å². The van der Waals surface area contributed by atoms with Gasteiger partial charge in [0, 0.05) is 38.8 Å². The van der Waals surface area contributed by atoms with Gasteiger partial charge in [0.1, 0.15) is 5.82 Å². The summed E-state index contributed by atoms with van der Waals surface area (Å²) in [7, 11) is 0. The SMILES string of the molecule is CC1CCN(CC(c2ccc(F)cc2)N2CCNCC2)CC1. The minimum absolute atomic E-state index is 0.144. The summed E-state index contributed by atoms with van der Waals surface area (Å²) in [5.74, 6) is 0.717. The van der Waals surface area contributed by atoms with Crippen molar-refractivity contribution in [1.29, 1.82) is 0 Å². The van der Waals surface area contributed by atoms with E-state index >= 15 is 0 Å². The number of benzene rings is 1. The number of nitrogens with one attached hydrogen (secondary N) is 1. The lowest BCUT2D eigenvalue weighted by Gasteiger charge is -2.40. The van der Waals surface area contributed by atoms with Crippen molar-refractivity contribution in [2.45, 2.75) is 25.8 Å². The molecular formula is C18H28FN3. The highest BCUT2D eigenvalue weighted by molar-refractivity contribution is 5.21. The zero-order valence-electron chi connectivity index (χ0n) is 13.6. The summed E-state index contributed by atoms with van der Waals surface area (Å²) in [6.45, 7) is 10.1. The maximum absolute atomic E-state index is 13.3. The van der Waals surface area contributed by atoms with Gasteiger partial charge in [-0.15, -0.1) is 0 Å². The first-order chi connectivity index (χ1) is 10.7. The number of nitrogens with zero attached hydrogens (tertiary/aromatic N) is 2. The van der Waals surface area contributed by atoms with E-state index in [-0.39, 0.29) is 5.82 Å². The third-order valence-electron chi connectivity index (χ3n) is 5.15. The maximum atomic E-state index is 13.3. The Morgan fingerprint density at radius 1 is 1.09 bits per heavy atom. The Morgan fingerprint density at radius 2 is 1.73 bits per heavy atom. The summed E-state index contributed by atoms with van der Waals surface area (Å²) in [6.07, 6.45) is 2.61. The van der Waals surface area contributed by atoms with Crippen LogP contribution in [0, 0.1) is 11.7 Å². The second-order valence-electron chi connectivity index (χ2n) is 6.84. The summed E-state index contributed by atoms with van der Waals surface area (Å²) in [5.41, 5.74) is 1.25. The maximum Gasteiger partial charge on any atom is 0.123 e. The largest absolute Gasteiger partial charge is 0.314 e. The molecule has 0 bridgehead atoms. The molecule has 2 aliphatic heterocycles. The van der Waals surface area contributed by atoms with Crippen molar-refractivity contribution < 1.29 is 4.39 Å². The fraction of sp³-hybridized carbons (Fsp3) is 0.667. The molecule has 1 unspecified atom stereocenters. The summed E-state index contributed by atoms with van der Waals surface area (Å²) in [6, 6.07) is 7.52. The summed E-state index contributed by atoms with van der Waals surface area (Å²) in [4.78, 5) is 5.15. The molecule has 0 saturated carbocycles. The fourth-order valence-electron chi connectivity index (χ4n) is 3.60. The first kappa shape index (κ1) is 15.9. The Balaban J connectivity index is 1.71. The van der Waals surface area contributed by atoms with Crippen molar-refractivity contribution in [3.8, 4) is 0 Å². The average molecular weight is 305 g/mol. The standard InChI is InChI=1S/C18H28FN3/c1-15-6-10-21(11-7-15)14-18(22-12-8-20-9-13-22)16-2-4-17(19)5-3-16/h2-5,15,18,20H,6-14H2,1H3. The van der Waals surface area contributed by atoms with Gasteiger partial charge in [-0.3, -0.25) is 4.90 Å². The first-order valence-electron chi connectivity index (χ1n) is 8.65. The number of piperazine rings is 1. The van der Waals surface area contributed by atoms with E-state index in [2.05, 4.69) is 22.0 Å². The quantitative estimate of drug-likeness (QED) is 0.922. The number of hydrogen-bond donors (Lipinski definition) is 1. The normalized spacial score (nSPS) is 23.5. The molecule has 0 aliphatic carbocycles. The van der Waals surface area contributed by atoms with E-state index in [4.69, 9.17) is 0 Å². The number of piperidine rings is 1. The van der Waals surface area contributed by atoms with Crippen molar-refractivity contribution >= 4 is 0 Å². The van der Waals surface area contributed by atoms with Gasteiger partial charge in [-0.25, -0.2) is 4.39 Å². The molecule has 3 nitrogen and oxygen atoms in total. The van der Waals surface area contributed by atoms with Gasteiger partial charge in [-0.05, 0) is 49.5 Å². The van der Waals surface area contributed by atoms with Crippen molar-refractivity contribution in [2.75, 3.05) is 45.8 Å². The molecule has 4 heteroatoms. The third-order valence-corrected chi connectivity index (χ3v) is 5.15. The molecule has 22 heavy (non-hydrogen) atoms. The van der Waals surface area contributed by atoms with Crippen LogP contribution in [0.2, 0.25) is 0 Å². The summed E-state index contributed by atoms with van der Waals surface area (Å²) in [5, 5.41) is 3.42. The molecule has 1 atom stereocenters. The second-order valence-corrected chi connectivity index (χ2v) is 6.84. The zero-order valence-corrected chi connectivity index (χ0v) is 13.6. The molecule has 0 aromatic heterocycles. The van der Waals surface area contributed by atoms with Crippen LogP contribution in [0.1, 0.15) is 31.4 Å². The van der Waals surface area contributed by atoms with Crippen molar-refractivity contribution in [1.82, 2.24) is 15.1 Å². The highest BCUT2D eigenvalue weighted by Crippen LogP contribution is 2.25. The highest BCUT2D eigenvalue weighted by atomic mass is 19.1. The number of hydrogen-bond acceptors (Lipinski definition) is 3. The number of rotatable bonds is 4. The molecule has 122 valence electrons. The van der Waals surface area contributed by atoms with E-state index in [0.29, 0.717) is 6.04 Å². The van der Waals surface area contributed by atoms with Crippen LogP contribution in [0.5, 0.6) is 0 Å². The molecule has 0 spiro atoms. The Labute approximate surface area is 133 Å². The van der Waals surface area contributed by atoms with Gasteiger partial charge < -0.3 is 10.2 Å². The molecule has 3 rings (SSSR count). The first-order valence-corrected chi connectivity index (χ1v) is 8.65. The van der Waals surface area contributed by atoms with Crippen LogP contribution < -0.4 is 5.32 Å². The van der Waals surface area contributed by atoms with Gasteiger partial charge in [-0.2, -0.15) is 0 Å². The predicted octanol–water partition coefficient (Wildman–Crippen LogP) is 2.50. The Morgan fingerprint density at radius 3 is 2.36 bits per heavy atom. The van der Waals surface area contributed by atoms with Crippen LogP contribution in [0.3, 0.4) is 0 Å². The van der Waals surface area contributed by atoms with Crippen molar-refractivity contribution in [3.05, 3.63) is 35.6 Å². The Kier molecular flexibility index (Phi) is 5.45. The highest BCUT2D eigenvalue weighted by Gasteiger charge is 2.26. The molecule has 2 heterocycles. The Bertz CT molecular complexity index is 448. The van der Waals surface area contributed by atoms with Crippen LogP contribution in [-0.2, 0) is 0 Å². The van der Waals surface area contributed by atoms with Crippen LogP contribution in [0.15, 0.2) is 24.3 Å². The predicted molar refractivity (Wildman–Crippen MR) is 88.4 cm³/mol. The minimum Gasteiger partial charge on any atom is -0.314 e. The zero-order chi connectivity index (χ0) is 15.4. The fourth-order valence-corrected chi connectivity index (χ4v) is 3.60. The monoisotopic (exact) mass is 305 g/mol. The molecule has 2 saturated heterocycles. The van der Waals surface area contributed by atoms with Gasteiger partial charge in [0.05, 0.1) is 0 Å². The minimum atomic E-state index is -0.144. The van der Waals surface area contributed by atoms with Crippen LogP contribution in [0.25, 0.3) is 0 Å². The Hall–Kier alpha value is -0.970. The molecule has 2 aliphatic rings. The summed E-state index contributed by atoms with van der Waals surface area (Å²) < 4.78 is 13.3. The second kappa shape index (κ2) is 7.53. The molecule has 2 fully saturated rings. The van der Waals surface area contributed by atoms with Gasteiger partial charge >= 0.3 is 0 Å². The number of halogens is 1.